The molecule has 0 atom stereocenters. The summed E-state index contributed by atoms with van der Waals surface area (Å²) in [5, 5.41) is 0. The Bertz CT molecular complexity index is 551. The number of esters is 4. The van der Waals surface area contributed by atoms with Crippen LogP contribution in [0.1, 0.15) is 53.4 Å². The molecule has 11 heteroatoms. The van der Waals surface area contributed by atoms with Crippen molar-refractivity contribution >= 4 is 23.9 Å². The molecule has 0 aromatic rings. The van der Waals surface area contributed by atoms with Gasteiger partial charge in [0.05, 0.1) is 32.7 Å². The van der Waals surface area contributed by atoms with E-state index in [1.165, 1.54) is 0 Å². The number of rotatable bonds is 20. The molecule has 0 rings (SSSR count). The molecule has 0 radical (unpaired) electrons. The van der Waals surface area contributed by atoms with Crippen LogP contribution in [0.25, 0.3) is 0 Å². The van der Waals surface area contributed by atoms with Crippen LogP contribution in [0.4, 0.5) is 0 Å². The summed E-state index contributed by atoms with van der Waals surface area (Å²) >= 11 is 0. The molecule has 11 nitrogen and oxygen atoms in total. The van der Waals surface area contributed by atoms with Crippen LogP contribution in [0.3, 0.4) is 0 Å². The van der Waals surface area contributed by atoms with Crippen molar-refractivity contribution in [1.82, 2.24) is 0 Å². The zero-order valence-electron chi connectivity index (χ0n) is 20.2. The second-order valence-electron chi connectivity index (χ2n) is 6.74. The molecular formula is C22H38O11. The van der Waals surface area contributed by atoms with Gasteiger partial charge in [0.2, 0.25) is 5.60 Å². The molecule has 33 heavy (non-hydrogen) atoms. The molecule has 0 saturated heterocycles. The number of hydrogen-bond acceptors (Lipinski definition) is 11. The average Bonchev–Trinajstić information content (AvgIpc) is 2.77. The molecule has 0 unspecified atom stereocenters. The third-order valence-corrected chi connectivity index (χ3v) is 4.05. The maximum atomic E-state index is 13.0. The van der Waals surface area contributed by atoms with Crippen LogP contribution < -0.4 is 0 Å². The van der Waals surface area contributed by atoms with Crippen LogP contribution in [-0.4, -0.2) is 88.9 Å². The van der Waals surface area contributed by atoms with E-state index in [1.54, 1.807) is 27.7 Å². The highest BCUT2D eigenvalue weighted by Crippen LogP contribution is 2.26. The zero-order valence-corrected chi connectivity index (χ0v) is 20.2. The lowest BCUT2D eigenvalue weighted by atomic mass is 9.94. The predicted octanol–water partition coefficient (Wildman–Crippen LogP) is 1.59. The van der Waals surface area contributed by atoms with Gasteiger partial charge in [-0.3, -0.25) is 14.4 Å². The molecule has 0 spiro atoms. The van der Waals surface area contributed by atoms with Crippen LogP contribution in [0.15, 0.2) is 0 Å². The minimum absolute atomic E-state index is 0.0211. The second-order valence-corrected chi connectivity index (χ2v) is 6.74. The molecule has 0 bridgehead atoms. The summed E-state index contributed by atoms with van der Waals surface area (Å²) in [6.45, 7) is 8.50. The lowest BCUT2D eigenvalue weighted by Crippen LogP contribution is -2.49. The first-order valence-corrected chi connectivity index (χ1v) is 11.3. The van der Waals surface area contributed by atoms with E-state index in [2.05, 4.69) is 0 Å². The van der Waals surface area contributed by atoms with E-state index in [1.807, 2.05) is 0 Å². The summed E-state index contributed by atoms with van der Waals surface area (Å²) in [7, 11) is 0. The first-order chi connectivity index (χ1) is 15.8. The third-order valence-electron chi connectivity index (χ3n) is 4.05. The van der Waals surface area contributed by atoms with Crippen molar-refractivity contribution in [3.63, 3.8) is 0 Å². The van der Waals surface area contributed by atoms with Gasteiger partial charge in [0.1, 0.15) is 19.8 Å². The fourth-order valence-corrected chi connectivity index (χ4v) is 2.55. The summed E-state index contributed by atoms with van der Waals surface area (Å²) in [5.41, 5.74) is -2.23. The monoisotopic (exact) mass is 478 g/mol. The molecule has 0 aliphatic carbocycles. The lowest BCUT2D eigenvalue weighted by Gasteiger charge is -2.29. The fourth-order valence-electron chi connectivity index (χ4n) is 2.55. The molecule has 0 fully saturated rings. The van der Waals surface area contributed by atoms with Gasteiger partial charge in [-0.2, -0.15) is 0 Å². The van der Waals surface area contributed by atoms with E-state index in [9.17, 15) is 19.2 Å². The SMILES string of the molecule is CCCC(=O)OC(CC(=O)OCCOCC)(CC(=O)OCCOCC)C(=O)OCCOCC. The van der Waals surface area contributed by atoms with Gasteiger partial charge in [0.15, 0.2) is 0 Å². The normalized spacial score (nSPS) is 11.0. The van der Waals surface area contributed by atoms with Crippen molar-refractivity contribution in [3.8, 4) is 0 Å². The van der Waals surface area contributed by atoms with Crippen LogP contribution in [0.5, 0.6) is 0 Å². The summed E-state index contributed by atoms with van der Waals surface area (Å²) in [5.74, 6) is -3.54. The molecule has 0 N–H and O–H groups in total. The molecule has 192 valence electrons. The maximum Gasteiger partial charge on any atom is 0.351 e. The quantitative estimate of drug-likeness (QED) is 0.143. The molecule has 0 saturated carbocycles. The van der Waals surface area contributed by atoms with Crippen LogP contribution >= 0.6 is 0 Å². The maximum absolute atomic E-state index is 13.0. The van der Waals surface area contributed by atoms with Gasteiger partial charge in [-0.15, -0.1) is 0 Å². The largest absolute Gasteiger partial charge is 0.463 e. The Morgan fingerprint density at radius 2 is 1.00 bits per heavy atom. The highest BCUT2D eigenvalue weighted by Gasteiger charge is 2.49. The zero-order chi connectivity index (χ0) is 25.0. The summed E-state index contributed by atoms with van der Waals surface area (Å²) in [4.78, 5) is 50.2. The van der Waals surface area contributed by atoms with Crippen LogP contribution in [0.2, 0.25) is 0 Å². The van der Waals surface area contributed by atoms with Gasteiger partial charge < -0.3 is 33.2 Å². The molecule has 0 amide bonds. The summed E-state index contributed by atoms with van der Waals surface area (Å²) in [6.07, 6.45) is -1.02. The summed E-state index contributed by atoms with van der Waals surface area (Å²) < 4.78 is 36.0. The van der Waals surface area contributed by atoms with E-state index in [4.69, 9.17) is 33.2 Å². The molecule has 0 aliphatic rings. The Morgan fingerprint density at radius 3 is 1.39 bits per heavy atom. The average molecular weight is 479 g/mol. The fraction of sp³-hybridized carbons (Fsp3) is 0.818. The van der Waals surface area contributed by atoms with Gasteiger partial charge >= 0.3 is 23.9 Å². The Labute approximate surface area is 195 Å². The van der Waals surface area contributed by atoms with E-state index in [0.29, 0.717) is 26.2 Å². The first-order valence-electron chi connectivity index (χ1n) is 11.3. The van der Waals surface area contributed by atoms with Crippen LogP contribution in [-0.2, 0) is 52.3 Å². The molecule has 0 aliphatic heterocycles. The van der Waals surface area contributed by atoms with E-state index < -0.39 is 42.3 Å². The predicted molar refractivity (Wildman–Crippen MR) is 115 cm³/mol. The van der Waals surface area contributed by atoms with Gasteiger partial charge in [0.25, 0.3) is 0 Å². The smallest absolute Gasteiger partial charge is 0.351 e. The van der Waals surface area contributed by atoms with E-state index in [-0.39, 0.29) is 46.1 Å². The number of carbonyl (C=O) groups is 4. The third kappa shape index (κ3) is 14.5. The Balaban J connectivity index is 5.56. The lowest BCUT2D eigenvalue weighted by molar-refractivity contribution is -0.192. The minimum Gasteiger partial charge on any atom is -0.463 e. The van der Waals surface area contributed by atoms with Crippen molar-refractivity contribution in [2.75, 3.05) is 59.5 Å². The minimum atomic E-state index is -2.23. The standard InChI is InChI=1S/C22H38O11/c1-5-9-18(23)33-22(21(26)32-15-12-29-8-4,16-19(24)30-13-10-27-6-2)17-20(25)31-14-11-28-7-3/h5-17H2,1-4H3. The van der Waals surface area contributed by atoms with Crippen LogP contribution in [0, 0.1) is 0 Å². The number of hydrogen-bond donors (Lipinski definition) is 0. The van der Waals surface area contributed by atoms with Crippen molar-refractivity contribution in [3.05, 3.63) is 0 Å². The number of ether oxygens (including phenoxy) is 7. The van der Waals surface area contributed by atoms with Crippen molar-refractivity contribution in [2.24, 2.45) is 0 Å². The topological polar surface area (TPSA) is 133 Å². The van der Waals surface area contributed by atoms with Crippen molar-refractivity contribution in [1.29, 1.82) is 0 Å². The van der Waals surface area contributed by atoms with Gasteiger partial charge in [-0.1, -0.05) is 6.92 Å². The summed E-state index contributed by atoms with van der Waals surface area (Å²) in [6, 6.07) is 0. The highest BCUT2D eigenvalue weighted by molar-refractivity contribution is 5.92. The molecular weight excluding hydrogens is 440 g/mol. The first kappa shape index (κ1) is 30.8. The number of carbonyl (C=O) groups excluding carboxylic acids is 4. The Morgan fingerprint density at radius 1 is 0.576 bits per heavy atom. The highest BCUT2D eigenvalue weighted by atomic mass is 16.6. The van der Waals surface area contributed by atoms with Gasteiger partial charge in [-0.05, 0) is 27.2 Å². The van der Waals surface area contributed by atoms with Crippen molar-refractivity contribution < 1.29 is 52.3 Å². The van der Waals surface area contributed by atoms with Gasteiger partial charge in [-0.25, -0.2) is 4.79 Å². The van der Waals surface area contributed by atoms with E-state index >= 15 is 0 Å². The van der Waals surface area contributed by atoms with Crippen molar-refractivity contribution in [2.45, 2.75) is 59.0 Å². The molecule has 0 heterocycles. The van der Waals surface area contributed by atoms with E-state index in [0.717, 1.165) is 0 Å². The molecule has 0 aromatic carbocycles. The van der Waals surface area contributed by atoms with Gasteiger partial charge in [0, 0.05) is 26.2 Å². The Hall–Kier alpha value is -2.24. The second kappa shape index (κ2) is 19.2. The molecule has 0 aromatic heterocycles. The Kier molecular flexibility index (Phi) is 17.9.